The van der Waals surface area contributed by atoms with Gasteiger partial charge in [-0.1, -0.05) is 6.92 Å². The van der Waals surface area contributed by atoms with E-state index in [4.69, 9.17) is 4.74 Å². The topological polar surface area (TPSA) is 87.3 Å². The molecule has 0 aliphatic carbocycles. The minimum absolute atomic E-state index is 0.183. The standard InChI is InChI=1S/C13H24N4O3S/c1-3-14-7-12-8-15-16-13(12)21(18,19)17(2)9-11-5-4-6-20-10-11/h8,11,14H,3-7,9-10H2,1-2H3,(H,15,16). The second-order valence-corrected chi connectivity index (χ2v) is 7.36. The Bertz CT molecular complexity index is 537. The number of hydrogen-bond donors (Lipinski definition) is 2. The van der Waals surface area contributed by atoms with Crippen molar-refractivity contribution in [1.82, 2.24) is 19.8 Å². The van der Waals surface area contributed by atoms with E-state index in [2.05, 4.69) is 15.5 Å². The molecule has 2 heterocycles. The first-order valence-electron chi connectivity index (χ1n) is 7.32. The van der Waals surface area contributed by atoms with Crippen molar-refractivity contribution in [3.8, 4) is 0 Å². The summed E-state index contributed by atoms with van der Waals surface area (Å²) in [6, 6.07) is 0. The largest absolute Gasteiger partial charge is 0.381 e. The summed E-state index contributed by atoms with van der Waals surface area (Å²) in [7, 11) is -1.92. The highest BCUT2D eigenvalue weighted by molar-refractivity contribution is 7.89. The summed E-state index contributed by atoms with van der Waals surface area (Å²) in [5.41, 5.74) is 0.670. The van der Waals surface area contributed by atoms with Crippen LogP contribution in [0.4, 0.5) is 0 Å². The van der Waals surface area contributed by atoms with Crippen LogP contribution in [0.15, 0.2) is 11.2 Å². The van der Waals surface area contributed by atoms with Gasteiger partial charge in [-0.2, -0.15) is 9.40 Å². The Morgan fingerprint density at radius 3 is 3.05 bits per heavy atom. The fourth-order valence-corrected chi connectivity index (χ4v) is 3.82. The molecule has 0 saturated carbocycles. The van der Waals surface area contributed by atoms with Crippen LogP contribution in [0.25, 0.3) is 0 Å². The molecule has 2 N–H and O–H groups in total. The first-order valence-corrected chi connectivity index (χ1v) is 8.76. The number of rotatable bonds is 7. The minimum Gasteiger partial charge on any atom is -0.381 e. The second-order valence-electron chi connectivity index (χ2n) is 5.37. The van der Waals surface area contributed by atoms with E-state index in [0.717, 1.165) is 26.0 Å². The third-order valence-electron chi connectivity index (χ3n) is 3.68. The Labute approximate surface area is 126 Å². The van der Waals surface area contributed by atoms with Crippen LogP contribution in [-0.4, -0.2) is 56.3 Å². The van der Waals surface area contributed by atoms with Crippen LogP contribution in [0.3, 0.4) is 0 Å². The monoisotopic (exact) mass is 316 g/mol. The lowest BCUT2D eigenvalue weighted by Crippen LogP contribution is -2.35. The van der Waals surface area contributed by atoms with Gasteiger partial charge in [-0.05, 0) is 25.3 Å². The molecule has 0 aromatic carbocycles. The molecule has 1 aromatic heterocycles. The molecule has 1 aliphatic rings. The van der Waals surface area contributed by atoms with E-state index >= 15 is 0 Å². The van der Waals surface area contributed by atoms with Gasteiger partial charge >= 0.3 is 0 Å². The van der Waals surface area contributed by atoms with E-state index < -0.39 is 10.0 Å². The van der Waals surface area contributed by atoms with E-state index in [1.54, 1.807) is 13.2 Å². The number of nitrogens with zero attached hydrogens (tertiary/aromatic N) is 2. The molecule has 1 aliphatic heterocycles. The number of H-pyrrole nitrogens is 1. The lowest BCUT2D eigenvalue weighted by molar-refractivity contribution is 0.0495. The van der Waals surface area contributed by atoms with Gasteiger partial charge in [0.25, 0.3) is 10.0 Å². The van der Waals surface area contributed by atoms with Gasteiger partial charge in [-0.3, -0.25) is 5.10 Å². The Balaban J connectivity index is 2.07. The third-order valence-corrected chi connectivity index (χ3v) is 5.52. The Morgan fingerprint density at radius 1 is 1.57 bits per heavy atom. The van der Waals surface area contributed by atoms with Crippen molar-refractivity contribution in [3.63, 3.8) is 0 Å². The van der Waals surface area contributed by atoms with E-state index in [1.165, 1.54) is 4.31 Å². The zero-order valence-corrected chi connectivity index (χ0v) is 13.4. The molecule has 1 fully saturated rings. The second kappa shape index (κ2) is 7.35. The summed E-state index contributed by atoms with van der Waals surface area (Å²) >= 11 is 0. The highest BCUT2D eigenvalue weighted by atomic mass is 32.2. The van der Waals surface area contributed by atoms with Crippen LogP contribution in [0.1, 0.15) is 25.3 Å². The smallest absolute Gasteiger partial charge is 0.260 e. The Kier molecular flexibility index (Phi) is 5.74. The highest BCUT2D eigenvalue weighted by Gasteiger charge is 2.28. The lowest BCUT2D eigenvalue weighted by Gasteiger charge is -2.26. The molecule has 0 spiro atoms. The molecular weight excluding hydrogens is 292 g/mol. The van der Waals surface area contributed by atoms with Crippen LogP contribution in [0.2, 0.25) is 0 Å². The first kappa shape index (κ1) is 16.4. The number of ether oxygens (including phenoxy) is 1. The summed E-state index contributed by atoms with van der Waals surface area (Å²) in [4.78, 5) is 0. The molecule has 0 amide bonds. The van der Waals surface area contributed by atoms with Crippen molar-refractivity contribution in [2.24, 2.45) is 5.92 Å². The molecule has 0 radical (unpaired) electrons. The minimum atomic E-state index is -3.54. The first-order chi connectivity index (χ1) is 10.1. The van der Waals surface area contributed by atoms with Crippen molar-refractivity contribution in [2.45, 2.75) is 31.3 Å². The molecule has 2 rings (SSSR count). The van der Waals surface area contributed by atoms with E-state index in [9.17, 15) is 8.42 Å². The fraction of sp³-hybridized carbons (Fsp3) is 0.769. The number of aromatic nitrogens is 2. The highest BCUT2D eigenvalue weighted by Crippen LogP contribution is 2.20. The fourth-order valence-electron chi connectivity index (χ4n) is 2.48. The SMILES string of the molecule is CCNCc1cn[nH]c1S(=O)(=O)N(C)CC1CCCOC1. The Morgan fingerprint density at radius 2 is 2.38 bits per heavy atom. The summed E-state index contributed by atoms with van der Waals surface area (Å²) < 4.78 is 32.1. The van der Waals surface area contributed by atoms with Gasteiger partial charge in [-0.25, -0.2) is 8.42 Å². The van der Waals surface area contributed by atoms with Crippen molar-refractivity contribution < 1.29 is 13.2 Å². The maximum Gasteiger partial charge on any atom is 0.260 e. The van der Waals surface area contributed by atoms with Crippen LogP contribution in [0.5, 0.6) is 0 Å². The molecule has 1 saturated heterocycles. The number of sulfonamides is 1. The number of nitrogens with one attached hydrogen (secondary N) is 2. The normalized spacial score (nSPS) is 20.0. The van der Waals surface area contributed by atoms with Crippen LogP contribution in [0, 0.1) is 5.92 Å². The predicted molar refractivity (Wildman–Crippen MR) is 79.3 cm³/mol. The number of hydrogen-bond acceptors (Lipinski definition) is 5. The summed E-state index contributed by atoms with van der Waals surface area (Å²) in [6.45, 7) is 5.13. The quantitative estimate of drug-likeness (QED) is 0.768. The molecule has 1 aromatic rings. The average Bonchev–Trinajstić information content (AvgIpc) is 2.95. The molecule has 21 heavy (non-hydrogen) atoms. The van der Waals surface area contributed by atoms with Crippen molar-refractivity contribution in [1.29, 1.82) is 0 Å². The van der Waals surface area contributed by atoms with E-state index in [1.807, 2.05) is 6.92 Å². The molecule has 1 atom stereocenters. The zero-order chi connectivity index (χ0) is 15.3. The van der Waals surface area contributed by atoms with Crippen molar-refractivity contribution in [2.75, 3.05) is 33.4 Å². The van der Waals surface area contributed by atoms with Gasteiger partial charge in [0.2, 0.25) is 0 Å². The third kappa shape index (κ3) is 4.03. The molecule has 8 heteroatoms. The van der Waals surface area contributed by atoms with Crippen LogP contribution < -0.4 is 5.32 Å². The van der Waals surface area contributed by atoms with Gasteiger partial charge in [0.1, 0.15) is 0 Å². The molecule has 0 bridgehead atoms. The van der Waals surface area contributed by atoms with Gasteiger partial charge in [0.15, 0.2) is 5.03 Å². The lowest BCUT2D eigenvalue weighted by atomic mass is 10.0. The summed E-state index contributed by atoms with van der Waals surface area (Å²) in [5, 5.41) is 9.80. The molecule has 1 unspecified atom stereocenters. The van der Waals surface area contributed by atoms with Gasteiger partial charge < -0.3 is 10.1 Å². The van der Waals surface area contributed by atoms with Gasteiger partial charge in [-0.15, -0.1) is 0 Å². The predicted octanol–water partition coefficient (Wildman–Crippen LogP) is 0.566. The van der Waals surface area contributed by atoms with Crippen molar-refractivity contribution >= 4 is 10.0 Å². The van der Waals surface area contributed by atoms with Crippen molar-refractivity contribution in [3.05, 3.63) is 11.8 Å². The number of aromatic amines is 1. The zero-order valence-electron chi connectivity index (χ0n) is 12.6. The van der Waals surface area contributed by atoms with E-state index in [-0.39, 0.29) is 10.9 Å². The maximum atomic E-state index is 12.6. The van der Waals surface area contributed by atoms with Gasteiger partial charge in [0.05, 0.1) is 12.8 Å². The molecule has 120 valence electrons. The molecule has 7 nitrogen and oxygen atoms in total. The summed E-state index contributed by atoms with van der Waals surface area (Å²) in [5.74, 6) is 0.263. The Hall–Kier alpha value is -0.960. The summed E-state index contributed by atoms with van der Waals surface area (Å²) in [6.07, 6.45) is 3.56. The van der Waals surface area contributed by atoms with Crippen LogP contribution in [-0.2, 0) is 21.3 Å². The molecular formula is C13H24N4O3S. The van der Waals surface area contributed by atoms with Gasteiger partial charge in [0, 0.05) is 32.3 Å². The maximum absolute atomic E-state index is 12.6. The van der Waals surface area contributed by atoms with Crippen LogP contribution >= 0.6 is 0 Å². The average molecular weight is 316 g/mol. The van der Waals surface area contributed by atoms with E-state index in [0.29, 0.717) is 25.3 Å².